The monoisotopic (exact) mass is 212 g/mol. The molecule has 0 atom stereocenters. The van der Waals surface area contributed by atoms with Crippen molar-refractivity contribution in [3.63, 3.8) is 0 Å². The topological polar surface area (TPSA) is 0 Å². The summed E-state index contributed by atoms with van der Waals surface area (Å²) in [4.78, 5) is 2.74. The molecule has 0 unspecified atom stereocenters. The second-order valence-corrected chi connectivity index (χ2v) is 6.06. The van der Waals surface area contributed by atoms with Crippen molar-refractivity contribution in [3.8, 4) is 0 Å². The SMILES string of the molecule is CCSc1ccc(SC(C)C)cc1. The van der Waals surface area contributed by atoms with E-state index in [-0.39, 0.29) is 0 Å². The minimum Gasteiger partial charge on any atom is -0.126 e. The quantitative estimate of drug-likeness (QED) is 0.683. The minimum absolute atomic E-state index is 0.671. The molecule has 0 fully saturated rings. The molecule has 1 rings (SSSR count). The predicted octanol–water partition coefficient (Wildman–Crippen LogP) is 4.30. The summed E-state index contributed by atoms with van der Waals surface area (Å²) in [5.74, 6) is 1.15. The molecule has 0 spiro atoms. The van der Waals surface area contributed by atoms with Crippen molar-refractivity contribution < 1.29 is 0 Å². The summed E-state index contributed by atoms with van der Waals surface area (Å²) < 4.78 is 0. The summed E-state index contributed by atoms with van der Waals surface area (Å²) in [7, 11) is 0. The number of rotatable bonds is 4. The van der Waals surface area contributed by atoms with Crippen LogP contribution in [0.15, 0.2) is 34.1 Å². The molecule has 0 amide bonds. The molecule has 1 aromatic rings. The van der Waals surface area contributed by atoms with Gasteiger partial charge in [0.2, 0.25) is 0 Å². The summed E-state index contributed by atoms with van der Waals surface area (Å²) in [6.45, 7) is 6.63. The maximum absolute atomic E-state index is 2.22. The van der Waals surface area contributed by atoms with E-state index in [4.69, 9.17) is 0 Å². The molecule has 72 valence electrons. The van der Waals surface area contributed by atoms with Gasteiger partial charge < -0.3 is 0 Å². The van der Waals surface area contributed by atoms with Gasteiger partial charge in [0.1, 0.15) is 0 Å². The first-order valence-corrected chi connectivity index (χ1v) is 6.48. The number of benzene rings is 1. The van der Waals surface area contributed by atoms with E-state index in [2.05, 4.69) is 45.0 Å². The molecule has 1 aromatic carbocycles. The highest BCUT2D eigenvalue weighted by molar-refractivity contribution is 8.00. The van der Waals surface area contributed by atoms with Crippen molar-refractivity contribution in [2.75, 3.05) is 5.75 Å². The minimum atomic E-state index is 0.671. The number of hydrogen-bond acceptors (Lipinski definition) is 2. The molecule has 0 N–H and O–H groups in total. The van der Waals surface area contributed by atoms with E-state index in [0.29, 0.717) is 5.25 Å². The van der Waals surface area contributed by atoms with Crippen molar-refractivity contribution in [2.45, 2.75) is 35.8 Å². The molecular weight excluding hydrogens is 196 g/mol. The van der Waals surface area contributed by atoms with E-state index in [0.717, 1.165) is 5.75 Å². The third kappa shape index (κ3) is 4.10. The molecule has 0 heterocycles. The van der Waals surface area contributed by atoms with Crippen LogP contribution in [0.5, 0.6) is 0 Å². The Bertz CT molecular complexity index is 239. The summed E-state index contributed by atoms with van der Waals surface area (Å²) in [5.41, 5.74) is 0. The molecule has 0 bridgehead atoms. The predicted molar refractivity (Wildman–Crippen MR) is 63.8 cm³/mol. The molecule has 0 nitrogen and oxygen atoms in total. The van der Waals surface area contributed by atoms with Crippen molar-refractivity contribution in [1.29, 1.82) is 0 Å². The van der Waals surface area contributed by atoms with Crippen molar-refractivity contribution in [1.82, 2.24) is 0 Å². The Morgan fingerprint density at radius 3 is 2.08 bits per heavy atom. The van der Waals surface area contributed by atoms with Gasteiger partial charge in [0, 0.05) is 15.0 Å². The molecule has 2 heteroatoms. The normalized spacial score (nSPS) is 10.8. The zero-order valence-electron chi connectivity index (χ0n) is 8.41. The van der Waals surface area contributed by atoms with Gasteiger partial charge in [-0.15, -0.1) is 23.5 Å². The summed E-state index contributed by atoms with van der Waals surface area (Å²) in [5, 5.41) is 0.671. The molecular formula is C11H16S2. The van der Waals surface area contributed by atoms with E-state index in [1.165, 1.54) is 9.79 Å². The Kier molecular flexibility index (Phi) is 4.74. The lowest BCUT2D eigenvalue weighted by Gasteiger charge is -2.05. The van der Waals surface area contributed by atoms with Crippen molar-refractivity contribution in [2.24, 2.45) is 0 Å². The first kappa shape index (κ1) is 11.0. The fraction of sp³-hybridized carbons (Fsp3) is 0.455. The largest absolute Gasteiger partial charge is 0.126 e. The zero-order valence-corrected chi connectivity index (χ0v) is 10.0. The van der Waals surface area contributed by atoms with Gasteiger partial charge in [0.25, 0.3) is 0 Å². The van der Waals surface area contributed by atoms with Gasteiger partial charge in [-0.05, 0) is 30.0 Å². The third-order valence-corrected chi connectivity index (χ3v) is 3.42. The van der Waals surface area contributed by atoms with Gasteiger partial charge in [-0.3, -0.25) is 0 Å². The van der Waals surface area contributed by atoms with Crippen LogP contribution in [0, 0.1) is 0 Å². The fourth-order valence-corrected chi connectivity index (χ4v) is 2.55. The van der Waals surface area contributed by atoms with Crippen LogP contribution >= 0.6 is 23.5 Å². The van der Waals surface area contributed by atoms with E-state index >= 15 is 0 Å². The summed E-state index contributed by atoms with van der Waals surface area (Å²) in [6.07, 6.45) is 0. The first-order chi connectivity index (χ1) is 6.22. The van der Waals surface area contributed by atoms with Crippen LogP contribution in [0.2, 0.25) is 0 Å². The first-order valence-electron chi connectivity index (χ1n) is 4.62. The maximum atomic E-state index is 2.22. The Labute approximate surface area is 89.5 Å². The number of thioether (sulfide) groups is 2. The van der Waals surface area contributed by atoms with Crippen LogP contribution in [0.4, 0.5) is 0 Å². The van der Waals surface area contributed by atoms with Gasteiger partial charge in [-0.25, -0.2) is 0 Å². The average molecular weight is 212 g/mol. The number of hydrogen-bond donors (Lipinski definition) is 0. The molecule has 0 saturated heterocycles. The van der Waals surface area contributed by atoms with Crippen molar-refractivity contribution in [3.05, 3.63) is 24.3 Å². The van der Waals surface area contributed by atoms with E-state index in [1.54, 1.807) is 0 Å². The molecule has 0 aliphatic heterocycles. The van der Waals surface area contributed by atoms with Crippen molar-refractivity contribution >= 4 is 23.5 Å². The second-order valence-electron chi connectivity index (χ2n) is 3.07. The molecule has 0 saturated carbocycles. The van der Waals surface area contributed by atoms with E-state index < -0.39 is 0 Å². The van der Waals surface area contributed by atoms with E-state index in [1.807, 2.05) is 23.5 Å². The van der Waals surface area contributed by atoms with Crippen LogP contribution in [0.3, 0.4) is 0 Å². The van der Waals surface area contributed by atoms with Gasteiger partial charge >= 0.3 is 0 Å². The summed E-state index contributed by atoms with van der Waals surface area (Å²) in [6, 6.07) is 8.84. The Balaban J connectivity index is 2.59. The highest BCUT2D eigenvalue weighted by Crippen LogP contribution is 2.25. The maximum Gasteiger partial charge on any atom is 0.00753 e. The molecule has 0 radical (unpaired) electrons. The Morgan fingerprint density at radius 2 is 1.62 bits per heavy atom. The standard InChI is InChI=1S/C11H16S2/c1-4-12-10-5-7-11(8-6-10)13-9(2)3/h5-9H,4H2,1-3H3. The zero-order chi connectivity index (χ0) is 9.68. The molecule has 0 aliphatic carbocycles. The fourth-order valence-electron chi connectivity index (χ4n) is 1.05. The van der Waals surface area contributed by atoms with Gasteiger partial charge in [-0.2, -0.15) is 0 Å². The lowest BCUT2D eigenvalue weighted by Crippen LogP contribution is -1.85. The highest BCUT2D eigenvalue weighted by Gasteiger charge is 1.97. The smallest absolute Gasteiger partial charge is 0.00753 e. The second kappa shape index (κ2) is 5.61. The van der Waals surface area contributed by atoms with Crippen LogP contribution in [-0.4, -0.2) is 11.0 Å². The van der Waals surface area contributed by atoms with Crippen LogP contribution in [-0.2, 0) is 0 Å². The van der Waals surface area contributed by atoms with Gasteiger partial charge in [0.05, 0.1) is 0 Å². The lowest BCUT2D eigenvalue weighted by molar-refractivity contribution is 1.11. The lowest BCUT2D eigenvalue weighted by atomic mass is 10.4. The molecule has 13 heavy (non-hydrogen) atoms. The van der Waals surface area contributed by atoms with Crippen LogP contribution in [0.1, 0.15) is 20.8 Å². The average Bonchev–Trinajstić information content (AvgIpc) is 2.08. The Hall–Kier alpha value is -0.0800. The highest BCUT2D eigenvalue weighted by atomic mass is 32.2. The van der Waals surface area contributed by atoms with Crippen LogP contribution < -0.4 is 0 Å². The third-order valence-electron chi connectivity index (χ3n) is 1.51. The summed E-state index contributed by atoms with van der Waals surface area (Å²) >= 11 is 3.81. The van der Waals surface area contributed by atoms with Gasteiger partial charge in [-0.1, -0.05) is 20.8 Å². The Morgan fingerprint density at radius 1 is 1.08 bits per heavy atom. The molecule has 0 aromatic heterocycles. The molecule has 0 aliphatic rings. The van der Waals surface area contributed by atoms with Gasteiger partial charge in [0.15, 0.2) is 0 Å². The van der Waals surface area contributed by atoms with E-state index in [9.17, 15) is 0 Å². The van der Waals surface area contributed by atoms with Crippen LogP contribution in [0.25, 0.3) is 0 Å².